The number of ether oxygens (including phenoxy) is 2. The number of carbonyl (C=O) groups excluding carboxylic acids is 1. The highest BCUT2D eigenvalue weighted by Gasteiger charge is 2.06. The number of Topliss-reactive ketones (excluding diaryl/α,β-unsaturated/α-hetero) is 1. The normalized spacial score (nSPS) is 11.2. The van der Waals surface area contributed by atoms with Crippen LogP contribution in [0.1, 0.15) is 17.3 Å². The highest BCUT2D eigenvalue weighted by atomic mass is 16.5. The summed E-state index contributed by atoms with van der Waals surface area (Å²) in [6.45, 7) is 1.78. The van der Waals surface area contributed by atoms with E-state index in [9.17, 15) is 4.79 Å². The molecule has 0 unspecified atom stereocenters. The van der Waals surface area contributed by atoms with Crippen LogP contribution in [-0.4, -0.2) is 19.5 Å². The predicted octanol–water partition coefficient (Wildman–Crippen LogP) is 1.71. The number of para-hydroxylation sites is 1. The lowest BCUT2D eigenvalue weighted by Crippen LogP contribution is -2.06. The van der Waals surface area contributed by atoms with Gasteiger partial charge in [0, 0.05) is 7.11 Å². The highest BCUT2D eigenvalue weighted by Crippen LogP contribution is 2.18. The summed E-state index contributed by atoms with van der Waals surface area (Å²) in [7, 11) is 1.55. The van der Waals surface area contributed by atoms with Gasteiger partial charge >= 0.3 is 0 Å². The molecule has 0 fully saturated rings. The van der Waals surface area contributed by atoms with Crippen molar-refractivity contribution in [3.63, 3.8) is 0 Å². The number of benzene rings is 1. The zero-order valence-electron chi connectivity index (χ0n) is 9.40. The van der Waals surface area contributed by atoms with E-state index in [1.54, 1.807) is 31.4 Å². The van der Waals surface area contributed by atoms with Crippen molar-refractivity contribution < 1.29 is 14.3 Å². The van der Waals surface area contributed by atoms with Crippen LogP contribution in [0.3, 0.4) is 0 Å². The standard InChI is InChI=1S/C12H15NO3/c1-9(14)11-5-3-4-6-12(11)16-8-10(13)7-15-2/h3-6,8H,7,13H2,1-2H3/b10-8-. The van der Waals surface area contributed by atoms with E-state index in [4.69, 9.17) is 15.2 Å². The number of nitrogens with two attached hydrogens (primary N) is 1. The molecule has 0 radical (unpaired) electrons. The van der Waals surface area contributed by atoms with Crippen LogP contribution in [0.25, 0.3) is 0 Å². The zero-order chi connectivity index (χ0) is 12.0. The van der Waals surface area contributed by atoms with Crippen molar-refractivity contribution in [3.05, 3.63) is 41.8 Å². The third kappa shape index (κ3) is 3.40. The van der Waals surface area contributed by atoms with E-state index >= 15 is 0 Å². The summed E-state index contributed by atoms with van der Waals surface area (Å²) in [4.78, 5) is 11.3. The van der Waals surface area contributed by atoms with Gasteiger partial charge in [-0.3, -0.25) is 4.79 Å². The molecule has 0 atom stereocenters. The Balaban J connectivity index is 2.81. The monoisotopic (exact) mass is 221 g/mol. The summed E-state index contributed by atoms with van der Waals surface area (Å²) >= 11 is 0. The molecule has 0 bridgehead atoms. The Morgan fingerprint density at radius 2 is 2.12 bits per heavy atom. The lowest BCUT2D eigenvalue weighted by Gasteiger charge is -2.06. The average molecular weight is 221 g/mol. The van der Waals surface area contributed by atoms with Crippen LogP contribution in [0, 0.1) is 0 Å². The van der Waals surface area contributed by atoms with Crippen molar-refractivity contribution >= 4 is 5.78 Å². The second kappa shape index (κ2) is 5.92. The molecule has 0 saturated heterocycles. The van der Waals surface area contributed by atoms with Crippen LogP contribution in [-0.2, 0) is 4.74 Å². The van der Waals surface area contributed by atoms with Gasteiger partial charge in [-0.25, -0.2) is 0 Å². The molecular formula is C12H15NO3. The average Bonchev–Trinajstić information content (AvgIpc) is 2.27. The Morgan fingerprint density at radius 3 is 2.75 bits per heavy atom. The van der Waals surface area contributed by atoms with Crippen molar-refractivity contribution in [2.45, 2.75) is 6.92 Å². The van der Waals surface area contributed by atoms with Gasteiger partial charge < -0.3 is 15.2 Å². The van der Waals surface area contributed by atoms with Crippen LogP contribution in [0.15, 0.2) is 36.2 Å². The molecule has 1 aromatic carbocycles. The van der Waals surface area contributed by atoms with E-state index in [1.165, 1.54) is 13.2 Å². The largest absolute Gasteiger partial charge is 0.462 e. The number of hydrogen-bond donors (Lipinski definition) is 1. The Bertz CT molecular complexity index is 399. The Morgan fingerprint density at radius 1 is 1.44 bits per heavy atom. The molecule has 0 saturated carbocycles. The molecule has 86 valence electrons. The zero-order valence-corrected chi connectivity index (χ0v) is 9.40. The van der Waals surface area contributed by atoms with E-state index in [-0.39, 0.29) is 5.78 Å². The van der Waals surface area contributed by atoms with Gasteiger partial charge in [0.1, 0.15) is 12.0 Å². The number of methoxy groups -OCH3 is 1. The van der Waals surface area contributed by atoms with Gasteiger partial charge in [-0.05, 0) is 19.1 Å². The van der Waals surface area contributed by atoms with Gasteiger partial charge in [-0.15, -0.1) is 0 Å². The maximum atomic E-state index is 11.3. The molecule has 16 heavy (non-hydrogen) atoms. The molecule has 0 aliphatic carbocycles. The Labute approximate surface area is 94.7 Å². The quantitative estimate of drug-likeness (QED) is 0.607. The fourth-order valence-corrected chi connectivity index (χ4v) is 1.20. The second-order valence-corrected chi connectivity index (χ2v) is 3.30. The van der Waals surface area contributed by atoms with E-state index in [1.807, 2.05) is 0 Å². The minimum atomic E-state index is -0.0469. The van der Waals surface area contributed by atoms with Gasteiger partial charge in [-0.1, -0.05) is 12.1 Å². The summed E-state index contributed by atoms with van der Waals surface area (Å²) in [6.07, 6.45) is 1.38. The summed E-state index contributed by atoms with van der Waals surface area (Å²) in [6, 6.07) is 7.00. The summed E-state index contributed by atoms with van der Waals surface area (Å²) < 4.78 is 10.2. The number of rotatable bonds is 5. The Kier molecular flexibility index (Phi) is 4.54. The molecule has 1 aromatic rings. The van der Waals surface area contributed by atoms with Gasteiger partial charge in [0.15, 0.2) is 5.78 Å². The molecule has 0 spiro atoms. The first-order valence-corrected chi connectivity index (χ1v) is 4.85. The molecule has 4 nitrogen and oxygen atoms in total. The van der Waals surface area contributed by atoms with Crippen LogP contribution in [0.2, 0.25) is 0 Å². The number of hydrogen-bond acceptors (Lipinski definition) is 4. The topological polar surface area (TPSA) is 61.6 Å². The van der Waals surface area contributed by atoms with E-state index in [2.05, 4.69) is 0 Å². The first kappa shape index (κ1) is 12.3. The van der Waals surface area contributed by atoms with E-state index < -0.39 is 0 Å². The van der Waals surface area contributed by atoms with Crippen LogP contribution in [0.5, 0.6) is 5.75 Å². The van der Waals surface area contributed by atoms with Gasteiger partial charge in [0.05, 0.1) is 17.9 Å². The summed E-state index contributed by atoms with van der Waals surface area (Å²) in [5, 5.41) is 0. The fourth-order valence-electron chi connectivity index (χ4n) is 1.20. The summed E-state index contributed by atoms with van der Waals surface area (Å²) in [5.74, 6) is 0.448. The molecule has 2 N–H and O–H groups in total. The lowest BCUT2D eigenvalue weighted by atomic mass is 10.1. The minimum absolute atomic E-state index is 0.0469. The molecule has 1 rings (SSSR count). The number of ketones is 1. The fraction of sp³-hybridized carbons (Fsp3) is 0.250. The van der Waals surface area contributed by atoms with Crippen LogP contribution < -0.4 is 10.5 Å². The van der Waals surface area contributed by atoms with Crippen molar-refractivity contribution in [3.8, 4) is 5.75 Å². The molecule has 0 aromatic heterocycles. The number of carbonyl (C=O) groups is 1. The second-order valence-electron chi connectivity index (χ2n) is 3.30. The molecule has 0 aliphatic rings. The predicted molar refractivity (Wildman–Crippen MR) is 61.2 cm³/mol. The molecule has 0 heterocycles. The molecule has 0 amide bonds. The maximum Gasteiger partial charge on any atom is 0.163 e. The minimum Gasteiger partial charge on any atom is -0.462 e. The highest BCUT2D eigenvalue weighted by molar-refractivity contribution is 5.96. The van der Waals surface area contributed by atoms with Gasteiger partial charge in [0.25, 0.3) is 0 Å². The van der Waals surface area contributed by atoms with E-state index in [0.29, 0.717) is 23.6 Å². The molecule has 0 aliphatic heterocycles. The smallest absolute Gasteiger partial charge is 0.163 e. The Hall–Kier alpha value is -1.81. The van der Waals surface area contributed by atoms with Crippen molar-refractivity contribution in [2.24, 2.45) is 5.73 Å². The van der Waals surface area contributed by atoms with Crippen LogP contribution in [0.4, 0.5) is 0 Å². The SMILES string of the molecule is COC/C(N)=C/Oc1ccccc1C(C)=O. The lowest BCUT2D eigenvalue weighted by molar-refractivity contribution is 0.101. The summed E-state index contributed by atoms with van der Waals surface area (Å²) in [5.41, 5.74) is 6.57. The van der Waals surface area contributed by atoms with Crippen LogP contribution >= 0.6 is 0 Å². The first-order valence-electron chi connectivity index (χ1n) is 4.85. The third-order valence-corrected chi connectivity index (χ3v) is 1.91. The maximum absolute atomic E-state index is 11.3. The first-order chi connectivity index (χ1) is 7.65. The molecule has 4 heteroatoms. The van der Waals surface area contributed by atoms with E-state index in [0.717, 1.165) is 0 Å². The van der Waals surface area contributed by atoms with Gasteiger partial charge in [0.2, 0.25) is 0 Å². The van der Waals surface area contributed by atoms with Crippen molar-refractivity contribution in [2.75, 3.05) is 13.7 Å². The van der Waals surface area contributed by atoms with Gasteiger partial charge in [-0.2, -0.15) is 0 Å². The van der Waals surface area contributed by atoms with Crippen molar-refractivity contribution in [1.82, 2.24) is 0 Å². The van der Waals surface area contributed by atoms with Crippen molar-refractivity contribution in [1.29, 1.82) is 0 Å². The third-order valence-electron chi connectivity index (χ3n) is 1.91. The molecular weight excluding hydrogens is 206 g/mol.